The molecule has 7 heteroatoms. The van der Waals surface area contributed by atoms with Gasteiger partial charge in [0.1, 0.15) is 5.82 Å². The van der Waals surface area contributed by atoms with Crippen molar-refractivity contribution in [1.82, 2.24) is 30.6 Å². The highest BCUT2D eigenvalue weighted by molar-refractivity contribution is 5.63. The summed E-state index contributed by atoms with van der Waals surface area (Å²) in [6, 6.07) is 19.9. The topological polar surface area (TPSA) is 69.2 Å². The van der Waals surface area contributed by atoms with Crippen molar-refractivity contribution < 1.29 is 0 Å². The van der Waals surface area contributed by atoms with Crippen LogP contribution in [0.15, 0.2) is 54.6 Å². The van der Waals surface area contributed by atoms with E-state index in [1.54, 1.807) is 0 Å². The van der Waals surface area contributed by atoms with Gasteiger partial charge in [-0.15, -0.1) is 0 Å². The summed E-state index contributed by atoms with van der Waals surface area (Å²) >= 11 is 0. The van der Waals surface area contributed by atoms with E-state index >= 15 is 0 Å². The molecule has 0 radical (unpaired) electrons. The Morgan fingerprint density at radius 1 is 0.795 bits per heavy atom. The van der Waals surface area contributed by atoms with Gasteiger partial charge in [-0.25, -0.2) is 0 Å². The van der Waals surface area contributed by atoms with E-state index in [2.05, 4.69) is 102 Å². The van der Waals surface area contributed by atoms with E-state index in [0.717, 1.165) is 82.5 Å². The monoisotopic (exact) mass is 531 g/mol. The molecule has 1 saturated heterocycles. The molecular weight excluding hydrogens is 482 g/mol. The molecule has 2 aromatic carbocycles. The van der Waals surface area contributed by atoms with Gasteiger partial charge in [-0.3, -0.25) is 9.58 Å². The normalized spacial score (nSPS) is 17.0. The summed E-state index contributed by atoms with van der Waals surface area (Å²) in [6.45, 7) is 17.0. The molecule has 4 N–H and O–H groups in total. The largest absolute Gasteiger partial charge is 0.366 e. The molecule has 1 aliphatic rings. The number of aromatic nitrogens is 2. The number of nitrogens with one attached hydrogen (secondary N) is 4. The van der Waals surface area contributed by atoms with Gasteiger partial charge in [0.2, 0.25) is 0 Å². The minimum atomic E-state index is 0.152. The van der Waals surface area contributed by atoms with Crippen LogP contribution in [0.25, 0.3) is 11.3 Å². The predicted octanol–water partition coefficient (Wildman–Crippen LogP) is 4.36. The maximum absolute atomic E-state index is 4.77. The van der Waals surface area contributed by atoms with Crippen molar-refractivity contribution >= 4 is 5.82 Å². The van der Waals surface area contributed by atoms with Gasteiger partial charge in [0.25, 0.3) is 0 Å². The summed E-state index contributed by atoms with van der Waals surface area (Å²) in [5.41, 5.74) is 6.29. The van der Waals surface area contributed by atoms with Gasteiger partial charge >= 0.3 is 0 Å². The Balaban J connectivity index is 1.33. The quantitative estimate of drug-likeness (QED) is 0.379. The van der Waals surface area contributed by atoms with Crippen LogP contribution in [-0.2, 0) is 25.6 Å². The summed E-state index contributed by atoms with van der Waals surface area (Å²) < 4.78 is 1.94. The third-order valence-corrected chi connectivity index (χ3v) is 7.42. The van der Waals surface area contributed by atoms with E-state index in [-0.39, 0.29) is 5.41 Å². The first kappa shape index (κ1) is 29.3. The second-order valence-corrected chi connectivity index (χ2v) is 11.8. The second kappa shape index (κ2) is 14.6. The predicted molar refractivity (Wildman–Crippen MR) is 164 cm³/mol. The highest BCUT2D eigenvalue weighted by Gasteiger charge is 2.14. The Kier molecular flexibility index (Phi) is 11.0. The Morgan fingerprint density at radius 3 is 2.23 bits per heavy atom. The molecule has 0 atom stereocenters. The van der Waals surface area contributed by atoms with Crippen LogP contribution < -0.4 is 21.3 Å². The molecule has 39 heavy (non-hydrogen) atoms. The van der Waals surface area contributed by atoms with Gasteiger partial charge in [0.15, 0.2) is 0 Å². The number of anilines is 1. The molecule has 2 heterocycles. The van der Waals surface area contributed by atoms with Gasteiger partial charge in [0.05, 0.1) is 5.69 Å². The molecular formula is C32H49N7. The van der Waals surface area contributed by atoms with Gasteiger partial charge in [-0.05, 0) is 61.1 Å². The molecule has 0 unspecified atom stereocenters. The van der Waals surface area contributed by atoms with Crippen molar-refractivity contribution in [3.05, 3.63) is 71.3 Å². The first-order chi connectivity index (χ1) is 18.9. The van der Waals surface area contributed by atoms with Crippen molar-refractivity contribution in [3.8, 4) is 11.3 Å². The fourth-order valence-corrected chi connectivity index (χ4v) is 5.03. The van der Waals surface area contributed by atoms with Crippen LogP contribution in [-0.4, -0.2) is 67.0 Å². The number of aryl methyl sites for hydroxylation is 1. The lowest BCUT2D eigenvalue weighted by molar-refractivity contribution is 0.260. The lowest BCUT2D eigenvalue weighted by atomic mass is 9.86. The van der Waals surface area contributed by atoms with E-state index in [1.165, 1.54) is 29.5 Å². The fraction of sp³-hybridized carbons (Fsp3) is 0.531. The molecule has 4 rings (SSSR count). The molecule has 7 nitrogen and oxygen atoms in total. The summed E-state index contributed by atoms with van der Waals surface area (Å²) in [5, 5.41) is 19.1. The van der Waals surface area contributed by atoms with Crippen LogP contribution in [0.2, 0.25) is 0 Å². The molecule has 0 amide bonds. The van der Waals surface area contributed by atoms with Crippen molar-refractivity contribution in [2.24, 2.45) is 7.05 Å². The average Bonchev–Trinajstić information content (AvgIpc) is 3.29. The SMILES string of the molecule is Cn1nc(-c2ccc(C(C)(C)C)cc2)cc1NCc1cccc(CN2CCCNCCNCCCNCC2)c1. The van der Waals surface area contributed by atoms with Crippen LogP contribution in [0.5, 0.6) is 0 Å². The highest BCUT2D eigenvalue weighted by Crippen LogP contribution is 2.27. The second-order valence-electron chi connectivity index (χ2n) is 11.8. The fourth-order valence-electron chi connectivity index (χ4n) is 5.03. The first-order valence-corrected chi connectivity index (χ1v) is 14.7. The van der Waals surface area contributed by atoms with Gasteiger partial charge in [-0.1, -0.05) is 69.3 Å². The lowest BCUT2D eigenvalue weighted by Crippen LogP contribution is -2.36. The molecule has 212 valence electrons. The summed E-state index contributed by atoms with van der Waals surface area (Å²) in [4.78, 5) is 2.59. The average molecular weight is 532 g/mol. The van der Waals surface area contributed by atoms with E-state index in [9.17, 15) is 0 Å². The number of rotatable bonds is 6. The zero-order chi connectivity index (χ0) is 27.5. The van der Waals surface area contributed by atoms with Crippen molar-refractivity contribution in [2.75, 3.05) is 57.7 Å². The maximum Gasteiger partial charge on any atom is 0.124 e. The number of benzene rings is 2. The minimum Gasteiger partial charge on any atom is -0.366 e. The molecule has 0 aliphatic carbocycles. The molecule has 0 spiro atoms. The zero-order valence-electron chi connectivity index (χ0n) is 24.5. The van der Waals surface area contributed by atoms with E-state index in [0.29, 0.717) is 0 Å². The summed E-state index contributed by atoms with van der Waals surface area (Å²) in [5.74, 6) is 1.03. The zero-order valence-corrected chi connectivity index (χ0v) is 24.5. The van der Waals surface area contributed by atoms with Crippen molar-refractivity contribution in [1.29, 1.82) is 0 Å². The van der Waals surface area contributed by atoms with Gasteiger partial charge in [0, 0.05) is 57.9 Å². The van der Waals surface area contributed by atoms with Gasteiger partial charge in [-0.2, -0.15) is 5.10 Å². The summed E-state index contributed by atoms with van der Waals surface area (Å²) in [6.07, 6.45) is 2.35. The Morgan fingerprint density at radius 2 is 1.49 bits per heavy atom. The lowest BCUT2D eigenvalue weighted by Gasteiger charge is -2.23. The Labute approximate surface area is 235 Å². The van der Waals surface area contributed by atoms with Crippen LogP contribution in [0.1, 0.15) is 50.3 Å². The summed E-state index contributed by atoms with van der Waals surface area (Å²) in [7, 11) is 2.01. The third kappa shape index (κ3) is 9.46. The standard InChI is InChI=1S/C32H49N7/c1-32(2,3)29-12-10-28(11-13-29)30-23-31(38(4)37-30)36-24-26-8-5-9-27(22-26)25-39-20-7-16-34-18-17-33-14-6-15-35-19-21-39/h5,8-13,22-23,33-36H,6-7,14-21,24-25H2,1-4H3. The molecule has 1 fully saturated rings. The number of nitrogens with zero attached hydrogens (tertiary/aromatic N) is 3. The van der Waals surface area contributed by atoms with E-state index in [4.69, 9.17) is 5.10 Å². The smallest absolute Gasteiger partial charge is 0.124 e. The van der Waals surface area contributed by atoms with Crippen LogP contribution >= 0.6 is 0 Å². The third-order valence-electron chi connectivity index (χ3n) is 7.42. The number of hydrogen-bond donors (Lipinski definition) is 4. The first-order valence-electron chi connectivity index (χ1n) is 14.7. The van der Waals surface area contributed by atoms with Crippen molar-refractivity contribution in [2.45, 2.75) is 52.1 Å². The number of hydrogen-bond acceptors (Lipinski definition) is 6. The molecule has 1 aromatic heterocycles. The Bertz CT molecular complexity index is 1120. The molecule has 0 saturated carbocycles. The van der Waals surface area contributed by atoms with Crippen LogP contribution in [0.3, 0.4) is 0 Å². The highest BCUT2D eigenvalue weighted by atomic mass is 15.3. The molecule has 0 bridgehead atoms. The van der Waals surface area contributed by atoms with Gasteiger partial charge < -0.3 is 21.3 Å². The van der Waals surface area contributed by atoms with Crippen molar-refractivity contribution in [3.63, 3.8) is 0 Å². The maximum atomic E-state index is 4.77. The van der Waals surface area contributed by atoms with Crippen LogP contribution in [0.4, 0.5) is 5.82 Å². The minimum absolute atomic E-state index is 0.152. The molecule has 3 aromatic rings. The van der Waals surface area contributed by atoms with Crippen LogP contribution in [0, 0.1) is 0 Å². The Hall–Kier alpha value is -2.71. The van der Waals surface area contributed by atoms with E-state index in [1.807, 2.05) is 11.7 Å². The van der Waals surface area contributed by atoms with E-state index < -0.39 is 0 Å². The molecule has 1 aliphatic heterocycles.